The van der Waals surface area contributed by atoms with Gasteiger partial charge in [-0.3, -0.25) is 9.80 Å². The van der Waals surface area contributed by atoms with Crippen molar-refractivity contribution in [1.29, 1.82) is 0 Å². The first kappa shape index (κ1) is 16.2. The van der Waals surface area contributed by atoms with Crippen LogP contribution in [0.15, 0.2) is 0 Å². The predicted molar refractivity (Wildman–Crippen MR) is 84.0 cm³/mol. The molecule has 0 spiro atoms. The minimum absolute atomic E-state index is 0.392. The van der Waals surface area contributed by atoms with E-state index in [9.17, 15) is 0 Å². The van der Waals surface area contributed by atoms with Gasteiger partial charge in [-0.15, -0.1) is 0 Å². The molecule has 2 rings (SSSR count). The molecule has 4 nitrogen and oxygen atoms in total. The van der Waals surface area contributed by atoms with E-state index in [1.165, 1.54) is 32.1 Å². The lowest BCUT2D eigenvalue weighted by Gasteiger charge is -2.39. The molecule has 1 unspecified atom stereocenters. The fourth-order valence-electron chi connectivity index (χ4n) is 3.60. The van der Waals surface area contributed by atoms with Gasteiger partial charge >= 0.3 is 0 Å². The van der Waals surface area contributed by atoms with E-state index in [0.29, 0.717) is 6.10 Å². The summed E-state index contributed by atoms with van der Waals surface area (Å²) in [6, 6.07) is 0.774. The summed E-state index contributed by atoms with van der Waals surface area (Å²) >= 11 is 0. The quantitative estimate of drug-likeness (QED) is 0.772. The molecule has 0 bridgehead atoms. The van der Waals surface area contributed by atoms with Crippen LogP contribution in [0.1, 0.15) is 45.4 Å². The molecule has 0 aromatic carbocycles. The van der Waals surface area contributed by atoms with Crippen LogP contribution >= 0.6 is 0 Å². The van der Waals surface area contributed by atoms with E-state index in [4.69, 9.17) is 10.5 Å². The number of morpholine rings is 1. The molecule has 0 radical (unpaired) electrons. The summed E-state index contributed by atoms with van der Waals surface area (Å²) in [5.74, 6) is 0. The molecule has 1 heterocycles. The molecule has 1 saturated carbocycles. The maximum atomic E-state index is 6.00. The zero-order valence-electron chi connectivity index (χ0n) is 13.2. The Balaban J connectivity index is 1.85. The van der Waals surface area contributed by atoms with E-state index in [-0.39, 0.29) is 0 Å². The van der Waals surface area contributed by atoms with Gasteiger partial charge in [0.15, 0.2) is 0 Å². The second-order valence-corrected chi connectivity index (χ2v) is 6.32. The molecule has 0 aromatic rings. The van der Waals surface area contributed by atoms with Crippen molar-refractivity contribution >= 4 is 0 Å². The van der Waals surface area contributed by atoms with Crippen LogP contribution in [0.3, 0.4) is 0 Å². The molecule has 2 fully saturated rings. The molecule has 0 aromatic heterocycles. The molecular weight excluding hydrogens is 250 g/mol. The first-order valence-corrected chi connectivity index (χ1v) is 8.61. The number of likely N-dealkylation sites (N-methyl/N-ethyl adjacent to an activating group) is 1. The maximum absolute atomic E-state index is 6.00. The minimum Gasteiger partial charge on any atom is -0.374 e. The average molecular weight is 283 g/mol. The lowest BCUT2D eigenvalue weighted by Crippen LogP contribution is -2.50. The number of nitrogens with two attached hydrogens (primary N) is 1. The summed E-state index contributed by atoms with van der Waals surface area (Å²) in [6.45, 7) is 9.53. The van der Waals surface area contributed by atoms with Crippen LogP contribution in [0.5, 0.6) is 0 Å². The number of ether oxygens (including phenoxy) is 1. The molecule has 4 heteroatoms. The van der Waals surface area contributed by atoms with E-state index in [0.717, 1.165) is 58.3 Å². The normalized spacial score (nSPS) is 26.2. The summed E-state index contributed by atoms with van der Waals surface area (Å²) in [5, 5.41) is 0. The Labute approximate surface area is 124 Å². The number of hydrogen-bond donors (Lipinski definition) is 1. The van der Waals surface area contributed by atoms with Crippen molar-refractivity contribution in [2.45, 2.75) is 57.6 Å². The molecular formula is C16H33N3O. The highest BCUT2D eigenvalue weighted by Gasteiger charge is 2.26. The second kappa shape index (κ2) is 8.98. The highest BCUT2D eigenvalue weighted by molar-refractivity contribution is 4.81. The van der Waals surface area contributed by atoms with Crippen LogP contribution in [-0.2, 0) is 4.74 Å². The third-order valence-corrected chi connectivity index (χ3v) is 4.85. The van der Waals surface area contributed by atoms with Crippen molar-refractivity contribution in [2.75, 3.05) is 45.9 Å². The Hall–Kier alpha value is -0.160. The van der Waals surface area contributed by atoms with Crippen molar-refractivity contribution < 1.29 is 4.74 Å². The third kappa shape index (κ3) is 4.99. The standard InChI is InChI=1S/C16H33N3O/c1-2-18-11-12-20-16(13-18)14-19(10-6-9-17)15-7-4-3-5-8-15/h15-16H,2-14,17H2,1H3. The molecule has 1 aliphatic heterocycles. The average Bonchev–Trinajstić information content (AvgIpc) is 2.52. The van der Waals surface area contributed by atoms with Gasteiger partial charge in [0, 0.05) is 25.7 Å². The van der Waals surface area contributed by atoms with E-state index in [2.05, 4.69) is 16.7 Å². The van der Waals surface area contributed by atoms with Crippen LogP contribution in [0, 0.1) is 0 Å². The highest BCUT2D eigenvalue weighted by Crippen LogP contribution is 2.23. The predicted octanol–water partition coefficient (Wildman–Crippen LogP) is 1.69. The van der Waals surface area contributed by atoms with Gasteiger partial charge in [-0.1, -0.05) is 26.2 Å². The Morgan fingerprint density at radius 2 is 2.05 bits per heavy atom. The number of nitrogens with zero attached hydrogens (tertiary/aromatic N) is 2. The Kier molecular flexibility index (Phi) is 7.28. The van der Waals surface area contributed by atoms with Crippen LogP contribution in [-0.4, -0.2) is 67.8 Å². The van der Waals surface area contributed by atoms with Gasteiger partial charge in [0.2, 0.25) is 0 Å². The van der Waals surface area contributed by atoms with Crippen LogP contribution in [0.2, 0.25) is 0 Å². The largest absolute Gasteiger partial charge is 0.374 e. The number of hydrogen-bond acceptors (Lipinski definition) is 4. The molecule has 1 atom stereocenters. The Morgan fingerprint density at radius 3 is 2.75 bits per heavy atom. The van der Waals surface area contributed by atoms with E-state index in [1.807, 2.05) is 0 Å². The van der Waals surface area contributed by atoms with Crippen LogP contribution in [0.25, 0.3) is 0 Å². The van der Waals surface area contributed by atoms with Crippen molar-refractivity contribution in [3.63, 3.8) is 0 Å². The first-order chi connectivity index (χ1) is 9.83. The SMILES string of the molecule is CCN1CCOC(CN(CCCN)C2CCCCC2)C1. The molecule has 2 N–H and O–H groups in total. The highest BCUT2D eigenvalue weighted by atomic mass is 16.5. The summed E-state index contributed by atoms with van der Waals surface area (Å²) in [7, 11) is 0. The molecule has 20 heavy (non-hydrogen) atoms. The van der Waals surface area contributed by atoms with Gasteiger partial charge in [0.1, 0.15) is 0 Å². The van der Waals surface area contributed by atoms with Gasteiger partial charge in [0.05, 0.1) is 12.7 Å². The fraction of sp³-hybridized carbons (Fsp3) is 1.00. The van der Waals surface area contributed by atoms with Gasteiger partial charge in [-0.25, -0.2) is 0 Å². The van der Waals surface area contributed by atoms with Crippen molar-refractivity contribution in [3.8, 4) is 0 Å². The van der Waals surface area contributed by atoms with E-state index < -0.39 is 0 Å². The maximum Gasteiger partial charge on any atom is 0.0829 e. The van der Waals surface area contributed by atoms with Gasteiger partial charge in [-0.05, 0) is 38.9 Å². The molecule has 1 saturated heterocycles. The van der Waals surface area contributed by atoms with Crippen LogP contribution in [0.4, 0.5) is 0 Å². The van der Waals surface area contributed by atoms with E-state index >= 15 is 0 Å². The van der Waals surface area contributed by atoms with Crippen molar-refractivity contribution in [1.82, 2.24) is 9.80 Å². The van der Waals surface area contributed by atoms with Gasteiger partial charge < -0.3 is 10.5 Å². The van der Waals surface area contributed by atoms with Crippen molar-refractivity contribution in [3.05, 3.63) is 0 Å². The zero-order valence-corrected chi connectivity index (χ0v) is 13.2. The first-order valence-electron chi connectivity index (χ1n) is 8.61. The smallest absolute Gasteiger partial charge is 0.0829 e. The van der Waals surface area contributed by atoms with E-state index in [1.54, 1.807) is 0 Å². The topological polar surface area (TPSA) is 41.7 Å². The molecule has 118 valence electrons. The summed E-state index contributed by atoms with van der Waals surface area (Å²) in [5.41, 5.74) is 5.72. The number of rotatable bonds is 7. The lowest BCUT2D eigenvalue weighted by molar-refractivity contribution is -0.0493. The van der Waals surface area contributed by atoms with Gasteiger partial charge in [-0.2, -0.15) is 0 Å². The Bertz CT molecular complexity index is 256. The third-order valence-electron chi connectivity index (χ3n) is 4.85. The second-order valence-electron chi connectivity index (χ2n) is 6.32. The van der Waals surface area contributed by atoms with Crippen LogP contribution < -0.4 is 5.73 Å². The zero-order chi connectivity index (χ0) is 14.2. The molecule has 0 amide bonds. The Morgan fingerprint density at radius 1 is 1.25 bits per heavy atom. The lowest BCUT2D eigenvalue weighted by atomic mass is 9.93. The summed E-state index contributed by atoms with van der Waals surface area (Å²) < 4.78 is 6.00. The minimum atomic E-state index is 0.392. The fourth-order valence-corrected chi connectivity index (χ4v) is 3.60. The van der Waals surface area contributed by atoms with Crippen molar-refractivity contribution in [2.24, 2.45) is 5.73 Å². The summed E-state index contributed by atoms with van der Waals surface area (Å²) in [6.07, 6.45) is 8.46. The molecule has 1 aliphatic carbocycles. The monoisotopic (exact) mass is 283 g/mol. The summed E-state index contributed by atoms with van der Waals surface area (Å²) in [4.78, 5) is 5.19. The van der Waals surface area contributed by atoms with Gasteiger partial charge in [0.25, 0.3) is 0 Å². The molecule has 2 aliphatic rings.